The van der Waals surface area contributed by atoms with Crippen LogP contribution in [0.5, 0.6) is 0 Å². The minimum Gasteiger partial charge on any atom is -0.396 e. The first-order valence-corrected chi connectivity index (χ1v) is 10.1. The van der Waals surface area contributed by atoms with Crippen molar-refractivity contribution in [1.82, 2.24) is 9.97 Å². The zero-order valence-electron chi connectivity index (χ0n) is 14.9. The minimum atomic E-state index is 0.424. The van der Waals surface area contributed by atoms with Gasteiger partial charge in [0, 0.05) is 36.2 Å². The molecule has 27 heavy (non-hydrogen) atoms. The van der Waals surface area contributed by atoms with Gasteiger partial charge in [-0.2, -0.15) is 0 Å². The molecule has 0 spiro atoms. The predicted octanol–water partition coefficient (Wildman–Crippen LogP) is 4.61. The molecule has 1 fully saturated rings. The molecule has 2 aliphatic heterocycles. The Balaban J connectivity index is 1.55. The summed E-state index contributed by atoms with van der Waals surface area (Å²) in [6.45, 7) is 3.50. The number of nitrogens with two attached hydrogens (primary N) is 1. The van der Waals surface area contributed by atoms with Gasteiger partial charge < -0.3 is 20.5 Å². The maximum absolute atomic E-state index is 6.57. The van der Waals surface area contributed by atoms with E-state index >= 15 is 0 Å². The fourth-order valence-electron chi connectivity index (χ4n) is 4.26. The summed E-state index contributed by atoms with van der Waals surface area (Å²) in [5.74, 6) is 1.48. The maximum atomic E-state index is 6.57. The van der Waals surface area contributed by atoms with Gasteiger partial charge in [0.1, 0.15) is 10.0 Å². The number of nitrogens with one attached hydrogen (secondary N) is 1. The SMILES string of the molecule is Nc1c(Cl)c(N2CCCC2)nc(N2CCc3c([nH]c4ccccc34)C2)c1Cl. The Kier molecular flexibility index (Phi) is 4.10. The molecule has 3 aromatic rings. The van der Waals surface area contributed by atoms with Gasteiger partial charge in [0.25, 0.3) is 0 Å². The lowest BCUT2D eigenvalue weighted by Gasteiger charge is -2.31. The Labute approximate surface area is 168 Å². The van der Waals surface area contributed by atoms with Crippen LogP contribution >= 0.6 is 23.2 Å². The number of pyridine rings is 1. The number of hydrogen-bond acceptors (Lipinski definition) is 4. The number of aromatic amines is 1. The molecule has 1 aromatic carbocycles. The molecule has 0 aliphatic carbocycles. The lowest BCUT2D eigenvalue weighted by Crippen LogP contribution is -2.32. The summed E-state index contributed by atoms with van der Waals surface area (Å²) in [6.07, 6.45) is 3.24. The maximum Gasteiger partial charge on any atom is 0.152 e. The van der Waals surface area contributed by atoms with Crippen molar-refractivity contribution in [2.45, 2.75) is 25.8 Å². The quantitative estimate of drug-likeness (QED) is 0.657. The molecular formula is C20H21Cl2N5. The van der Waals surface area contributed by atoms with Crippen LogP contribution in [0.4, 0.5) is 17.3 Å². The third kappa shape index (κ3) is 2.72. The van der Waals surface area contributed by atoms with Crippen LogP contribution in [0.3, 0.4) is 0 Å². The van der Waals surface area contributed by atoms with Gasteiger partial charge in [-0.1, -0.05) is 41.4 Å². The highest BCUT2D eigenvalue weighted by Crippen LogP contribution is 2.42. The monoisotopic (exact) mass is 401 g/mol. The Morgan fingerprint density at radius 2 is 1.67 bits per heavy atom. The van der Waals surface area contributed by atoms with E-state index in [-0.39, 0.29) is 0 Å². The Hall–Kier alpha value is -2.11. The number of H-pyrrole nitrogens is 1. The third-order valence-electron chi connectivity index (χ3n) is 5.67. The van der Waals surface area contributed by atoms with Gasteiger partial charge >= 0.3 is 0 Å². The zero-order chi connectivity index (χ0) is 18.5. The summed E-state index contributed by atoms with van der Waals surface area (Å²) in [7, 11) is 0. The fraction of sp³-hybridized carbons (Fsp3) is 0.350. The normalized spacial score (nSPS) is 17.0. The number of benzene rings is 1. The third-order valence-corrected chi connectivity index (χ3v) is 6.41. The molecule has 3 N–H and O–H groups in total. The van der Waals surface area contributed by atoms with Gasteiger partial charge in [-0.05, 0) is 30.9 Å². The summed E-state index contributed by atoms with van der Waals surface area (Å²) < 4.78 is 0. The number of nitrogens with zero attached hydrogens (tertiary/aromatic N) is 3. The second-order valence-electron chi connectivity index (χ2n) is 7.29. The van der Waals surface area contributed by atoms with Crippen molar-refractivity contribution >= 4 is 51.4 Å². The van der Waals surface area contributed by atoms with E-state index in [1.807, 2.05) is 0 Å². The molecule has 5 rings (SSSR count). The summed E-state index contributed by atoms with van der Waals surface area (Å²) in [5.41, 5.74) is 10.5. The Morgan fingerprint density at radius 1 is 0.963 bits per heavy atom. The van der Waals surface area contributed by atoms with Crippen molar-refractivity contribution in [2.75, 3.05) is 35.2 Å². The van der Waals surface area contributed by atoms with Crippen LogP contribution < -0.4 is 15.5 Å². The van der Waals surface area contributed by atoms with Gasteiger partial charge in [0.15, 0.2) is 11.6 Å². The molecule has 2 aliphatic rings. The van der Waals surface area contributed by atoms with Gasteiger partial charge in [-0.25, -0.2) is 4.98 Å². The fourth-order valence-corrected chi connectivity index (χ4v) is 4.82. The first-order chi connectivity index (χ1) is 13.1. The molecule has 0 bridgehead atoms. The lowest BCUT2D eigenvalue weighted by molar-refractivity contribution is 0.713. The highest BCUT2D eigenvalue weighted by Gasteiger charge is 2.27. The van der Waals surface area contributed by atoms with E-state index in [0.29, 0.717) is 15.7 Å². The van der Waals surface area contributed by atoms with E-state index in [9.17, 15) is 0 Å². The molecule has 2 aromatic heterocycles. The molecular weight excluding hydrogens is 381 g/mol. The molecule has 0 radical (unpaired) electrons. The topological polar surface area (TPSA) is 61.2 Å². The predicted molar refractivity (Wildman–Crippen MR) is 113 cm³/mol. The van der Waals surface area contributed by atoms with Gasteiger partial charge in [0.05, 0.1) is 12.2 Å². The summed E-state index contributed by atoms with van der Waals surface area (Å²) >= 11 is 13.1. The van der Waals surface area contributed by atoms with Crippen LogP contribution in [-0.2, 0) is 13.0 Å². The van der Waals surface area contributed by atoms with Crippen molar-refractivity contribution in [1.29, 1.82) is 0 Å². The van der Waals surface area contributed by atoms with Crippen LogP contribution in [0, 0.1) is 0 Å². The second kappa shape index (κ2) is 6.50. The van der Waals surface area contributed by atoms with Gasteiger partial charge in [-0.15, -0.1) is 0 Å². The number of fused-ring (bicyclic) bond motifs is 3. The zero-order valence-corrected chi connectivity index (χ0v) is 16.4. The molecule has 0 saturated carbocycles. The number of nitrogen functional groups attached to an aromatic ring is 1. The number of rotatable bonds is 2. The Bertz CT molecular complexity index is 1020. The van der Waals surface area contributed by atoms with Gasteiger partial charge in [0.2, 0.25) is 0 Å². The molecule has 7 heteroatoms. The van der Waals surface area contributed by atoms with E-state index in [4.69, 9.17) is 33.9 Å². The van der Waals surface area contributed by atoms with E-state index in [0.717, 1.165) is 57.1 Å². The van der Waals surface area contributed by atoms with Crippen LogP contribution in [-0.4, -0.2) is 29.6 Å². The van der Waals surface area contributed by atoms with E-state index < -0.39 is 0 Å². The molecule has 1 saturated heterocycles. The summed E-state index contributed by atoms with van der Waals surface area (Å²) in [4.78, 5) is 12.8. The molecule has 5 nitrogen and oxygen atoms in total. The van der Waals surface area contributed by atoms with Crippen LogP contribution in [0.1, 0.15) is 24.1 Å². The molecule has 0 amide bonds. The Morgan fingerprint density at radius 3 is 2.44 bits per heavy atom. The number of para-hydroxylation sites is 1. The van der Waals surface area contributed by atoms with Crippen molar-refractivity contribution in [3.63, 3.8) is 0 Å². The first kappa shape index (κ1) is 17.0. The van der Waals surface area contributed by atoms with Crippen LogP contribution in [0.2, 0.25) is 10.0 Å². The molecule has 140 valence electrons. The van der Waals surface area contributed by atoms with E-state index in [1.54, 1.807) is 0 Å². The highest BCUT2D eigenvalue weighted by molar-refractivity contribution is 6.41. The number of aromatic nitrogens is 2. The standard InChI is InChI=1S/C20H21Cl2N5/c21-16-18(23)17(22)20(25-19(16)26-8-3-4-9-26)27-10-7-13-12-5-1-2-6-14(12)24-15(13)11-27/h1-2,5-6,24H,3-4,7-11H2,(H2,23,25). The number of anilines is 3. The summed E-state index contributed by atoms with van der Waals surface area (Å²) in [5, 5.41) is 2.22. The lowest BCUT2D eigenvalue weighted by atomic mass is 10.0. The molecule has 0 atom stereocenters. The summed E-state index contributed by atoms with van der Waals surface area (Å²) in [6, 6.07) is 8.44. The average Bonchev–Trinajstić information content (AvgIpc) is 3.33. The largest absolute Gasteiger partial charge is 0.396 e. The van der Waals surface area contributed by atoms with E-state index in [2.05, 4.69) is 39.0 Å². The van der Waals surface area contributed by atoms with Crippen molar-refractivity contribution in [3.05, 3.63) is 45.6 Å². The smallest absolute Gasteiger partial charge is 0.152 e. The van der Waals surface area contributed by atoms with Crippen LogP contribution in [0.25, 0.3) is 10.9 Å². The van der Waals surface area contributed by atoms with Gasteiger partial charge in [-0.3, -0.25) is 0 Å². The molecule has 4 heterocycles. The average molecular weight is 402 g/mol. The van der Waals surface area contributed by atoms with Crippen molar-refractivity contribution in [2.24, 2.45) is 0 Å². The minimum absolute atomic E-state index is 0.424. The first-order valence-electron chi connectivity index (χ1n) is 9.36. The highest BCUT2D eigenvalue weighted by atomic mass is 35.5. The number of halogens is 2. The van der Waals surface area contributed by atoms with E-state index in [1.165, 1.54) is 22.2 Å². The van der Waals surface area contributed by atoms with Crippen molar-refractivity contribution < 1.29 is 0 Å². The number of hydrogen-bond donors (Lipinski definition) is 2. The van der Waals surface area contributed by atoms with Crippen LogP contribution in [0.15, 0.2) is 24.3 Å². The second-order valence-corrected chi connectivity index (χ2v) is 8.05. The van der Waals surface area contributed by atoms with Crippen molar-refractivity contribution in [3.8, 4) is 0 Å². The molecule has 0 unspecified atom stereocenters.